The van der Waals surface area contributed by atoms with Crippen LogP contribution >= 0.6 is 12.4 Å². The third-order valence-corrected chi connectivity index (χ3v) is 6.18. The van der Waals surface area contributed by atoms with Crippen LogP contribution < -0.4 is 11.1 Å². The second-order valence-corrected chi connectivity index (χ2v) is 7.97. The Hall–Kier alpha value is -1.15. The number of carbonyl (C=O) groups is 1. The second kappa shape index (κ2) is 8.80. The fourth-order valence-electron chi connectivity index (χ4n) is 2.74. The summed E-state index contributed by atoms with van der Waals surface area (Å²) in [4.78, 5) is 12.4. The van der Waals surface area contributed by atoms with E-state index in [9.17, 15) is 13.2 Å². The minimum atomic E-state index is -3.56. The van der Waals surface area contributed by atoms with Crippen molar-refractivity contribution in [3.63, 3.8) is 0 Å². The molecule has 0 spiro atoms. The zero-order valence-electron chi connectivity index (χ0n) is 14.1. The molecule has 24 heavy (non-hydrogen) atoms. The van der Waals surface area contributed by atoms with Crippen molar-refractivity contribution in [3.8, 4) is 0 Å². The third-order valence-electron chi connectivity index (χ3n) is 4.31. The molecule has 1 fully saturated rings. The first kappa shape index (κ1) is 20.9. The van der Waals surface area contributed by atoms with E-state index in [0.29, 0.717) is 37.4 Å². The number of amides is 1. The molecule has 1 amide bonds. The molecular weight excluding hydrogens is 350 g/mol. The van der Waals surface area contributed by atoms with E-state index in [4.69, 9.17) is 5.73 Å². The molecule has 8 heteroatoms. The molecule has 0 radical (unpaired) electrons. The molecule has 0 aliphatic carbocycles. The molecule has 136 valence electrons. The number of halogens is 1. The van der Waals surface area contributed by atoms with Gasteiger partial charge in [0, 0.05) is 26.2 Å². The number of aryl methyl sites for hydroxylation is 2. The maximum absolute atomic E-state index is 12.8. The molecule has 1 heterocycles. The lowest BCUT2D eigenvalue weighted by atomic mass is 9.99. The maximum atomic E-state index is 12.8. The molecule has 1 aromatic carbocycles. The zero-order chi connectivity index (χ0) is 17.0. The van der Waals surface area contributed by atoms with Crippen LogP contribution in [-0.2, 0) is 14.8 Å². The van der Waals surface area contributed by atoms with Gasteiger partial charge in [-0.15, -0.1) is 12.4 Å². The van der Waals surface area contributed by atoms with Crippen LogP contribution in [0.3, 0.4) is 0 Å². The Morgan fingerprint density at radius 3 is 2.67 bits per heavy atom. The molecule has 6 nitrogen and oxygen atoms in total. The average molecular weight is 376 g/mol. The van der Waals surface area contributed by atoms with E-state index in [1.165, 1.54) is 4.31 Å². The summed E-state index contributed by atoms with van der Waals surface area (Å²) in [6.45, 7) is 5.32. The van der Waals surface area contributed by atoms with E-state index < -0.39 is 10.0 Å². The van der Waals surface area contributed by atoms with Crippen molar-refractivity contribution < 1.29 is 13.2 Å². The maximum Gasteiger partial charge on any atom is 0.243 e. The highest BCUT2D eigenvalue weighted by Crippen LogP contribution is 2.25. The van der Waals surface area contributed by atoms with Gasteiger partial charge in [0.15, 0.2) is 0 Å². The smallest absolute Gasteiger partial charge is 0.243 e. The SMILES string of the molecule is Cc1ccc(S(=O)(=O)N2CCCC(C(=O)NCCN)C2)cc1C.Cl. The van der Waals surface area contributed by atoms with Crippen LogP contribution in [0.4, 0.5) is 0 Å². The summed E-state index contributed by atoms with van der Waals surface area (Å²) in [5.74, 6) is -0.424. The molecule has 1 saturated heterocycles. The number of nitrogens with one attached hydrogen (secondary N) is 1. The topological polar surface area (TPSA) is 92.5 Å². The predicted molar refractivity (Wildman–Crippen MR) is 96.7 cm³/mol. The molecule has 1 aliphatic rings. The van der Waals surface area contributed by atoms with Gasteiger partial charge >= 0.3 is 0 Å². The molecule has 2 rings (SSSR count). The number of nitrogens with zero attached hydrogens (tertiary/aromatic N) is 1. The highest BCUT2D eigenvalue weighted by molar-refractivity contribution is 7.89. The van der Waals surface area contributed by atoms with E-state index in [2.05, 4.69) is 5.32 Å². The van der Waals surface area contributed by atoms with Crippen LogP contribution in [0.5, 0.6) is 0 Å². The number of benzene rings is 1. The second-order valence-electron chi connectivity index (χ2n) is 6.03. The Morgan fingerprint density at radius 1 is 1.33 bits per heavy atom. The van der Waals surface area contributed by atoms with Gasteiger partial charge in [-0.1, -0.05) is 6.07 Å². The summed E-state index contributed by atoms with van der Waals surface area (Å²) in [5.41, 5.74) is 7.39. The van der Waals surface area contributed by atoms with E-state index in [1.807, 2.05) is 19.9 Å². The Balaban J connectivity index is 0.00000288. The Labute approximate surface area is 150 Å². The monoisotopic (exact) mass is 375 g/mol. The van der Waals surface area contributed by atoms with Crippen LogP contribution in [-0.4, -0.2) is 44.8 Å². The lowest BCUT2D eigenvalue weighted by Crippen LogP contribution is -2.46. The van der Waals surface area contributed by atoms with Gasteiger partial charge in [0.05, 0.1) is 10.8 Å². The van der Waals surface area contributed by atoms with E-state index in [-0.39, 0.29) is 30.8 Å². The van der Waals surface area contributed by atoms with Gasteiger partial charge in [0.2, 0.25) is 15.9 Å². The van der Waals surface area contributed by atoms with Crippen molar-refractivity contribution in [1.82, 2.24) is 9.62 Å². The Kier molecular flexibility index (Phi) is 7.66. The van der Waals surface area contributed by atoms with Crippen molar-refractivity contribution in [3.05, 3.63) is 29.3 Å². The zero-order valence-corrected chi connectivity index (χ0v) is 15.8. The first-order chi connectivity index (χ1) is 10.9. The van der Waals surface area contributed by atoms with Crippen molar-refractivity contribution in [1.29, 1.82) is 0 Å². The van der Waals surface area contributed by atoms with E-state index in [1.54, 1.807) is 12.1 Å². The number of carbonyl (C=O) groups excluding carboxylic acids is 1. The number of nitrogens with two attached hydrogens (primary N) is 1. The lowest BCUT2D eigenvalue weighted by Gasteiger charge is -2.31. The predicted octanol–water partition coefficient (Wildman–Crippen LogP) is 1.20. The van der Waals surface area contributed by atoms with Gasteiger partial charge in [0.25, 0.3) is 0 Å². The van der Waals surface area contributed by atoms with Crippen LogP contribution in [0.15, 0.2) is 23.1 Å². The Bertz CT molecular complexity index is 679. The van der Waals surface area contributed by atoms with Gasteiger partial charge in [-0.2, -0.15) is 4.31 Å². The molecule has 1 atom stereocenters. The van der Waals surface area contributed by atoms with Crippen molar-refractivity contribution in [2.45, 2.75) is 31.6 Å². The summed E-state index contributed by atoms with van der Waals surface area (Å²) in [5, 5.41) is 2.74. The standard InChI is InChI=1S/C16H25N3O3S.ClH/c1-12-5-6-15(10-13(12)2)23(21,22)19-9-3-4-14(11-19)16(20)18-8-7-17;/h5-6,10,14H,3-4,7-9,11,17H2,1-2H3,(H,18,20);1H. The lowest BCUT2D eigenvalue weighted by molar-refractivity contribution is -0.126. The normalized spacial score (nSPS) is 18.7. The third kappa shape index (κ3) is 4.69. The van der Waals surface area contributed by atoms with Gasteiger partial charge in [-0.3, -0.25) is 4.79 Å². The summed E-state index contributed by atoms with van der Waals surface area (Å²) in [6.07, 6.45) is 1.39. The quantitative estimate of drug-likeness (QED) is 0.808. The molecule has 0 aromatic heterocycles. The number of rotatable bonds is 5. The van der Waals surface area contributed by atoms with Crippen LogP contribution in [0.1, 0.15) is 24.0 Å². The summed E-state index contributed by atoms with van der Waals surface area (Å²) in [7, 11) is -3.56. The number of sulfonamides is 1. The number of hydrogen-bond donors (Lipinski definition) is 2. The number of piperidine rings is 1. The van der Waals surface area contributed by atoms with E-state index in [0.717, 1.165) is 11.1 Å². The van der Waals surface area contributed by atoms with Crippen molar-refractivity contribution >= 4 is 28.3 Å². The highest BCUT2D eigenvalue weighted by atomic mass is 35.5. The van der Waals surface area contributed by atoms with Gasteiger partial charge in [0.1, 0.15) is 0 Å². The van der Waals surface area contributed by atoms with Crippen LogP contribution in [0, 0.1) is 19.8 Å². The molecule has 3 N–H and O–H groups in total. The summed E-state index contributed by atoms with van der Waals surface area (Å²) >= 11 is 0. The minimum absolute atomic E-state index is 0. The van der Waals surface area contributed by atoms with Crippen LogP contribution in [0.25, 0.3) is 0 Å². The first-order valence-electron chi connectivity index (χ1n) is 7.91. The largest absolute Gasteiger partial charge is 0.355 e. The van der Waals surface area contributed by atoms with Gasteiger partial charge in [-0.25, -0.2) is 8.42 Å². The molecule has 0 bridgehead atoms. The van der Waals surface area contributed by atoms with Crippen molar-refractivity contribution in [2.75, 3.05) is 26.2 Å². The van der Waals surface area contributed by atoms with Gasteiger partial charge < -0.3 is 11.1 Å². The Morgan fingerprint density at radius 2 is 2.04 bits per heavy atom. The molecule has 0 saturated carbocycles. The number of hydrogen-bond acceptors (Lipinski definition) is 4. The molecular formula is C16H26ClN3O3S. The minimum Gasteiger partial charge on any atom is -0.355 e. The molecule has 1 aliphatic heterocycles. The molecule has 1 unspecified atom stereocenters. The fraction of sp³-hybridized carbons (Fsp3) is 0.562. The summed E-state index contributed by atoms with van der Waals surface area (Å²) in [6, 6.07) is 5.15. The highest BCUT2D eigenvalue weighted by Gasteiger charge is 2.33. The molecule has 1 aromatic rings. The average Bonchev–Trinajstić information content (AvgIpc) is 2.55. The van der Waals surface area contributed by atoms with Gasteiger partial charge in [-0.05, 0) is 49.9 Å². The first-order valence-corrected chi connectivity index (χ1v) is 9.35. The fourth-order valence-corrected chi connectivity index (χ4v) is 4.35. The summed E-state index contributed by atoms with van der Waals surface area (Å²) < 4.78 is 27.0. The van der Waals surface area contributed by atoms with Crippen molar-refractivity contribution in [2.24, 2.45) is 11.7 Å². The van der Waals surface area contributed by atoms with Crippen LogP contribution in [0.2, 0.25) is 0 Å². The van der Waals surface area contributed by atoms with E-state index >= 15 is 0 Å².